The molecule has 0 atom stereocenters. The average Bonchev–Trinajstić information content (AvgIpc) is 2.97. The summed E-state index contributed by atoms with van der Waals surface area (Å²) in [4.78, 5) is 50.9. The number of ketones is 1. The van der Waals surface area contributed by atoms with Gasteiger partial charge in [0.05, 0.1) is 23.8 Å². The van der Waals surface area contributed by atoms with Gasteiger partial charge in [-0.25, -0.2) is 14.8 Å². The molecule has 0 fully saturated rings. The molecule has 9 heteroatoms. The number of aromatic nitrogens is 3. The van der Waals surface area contributed by atoms with Crippen LogP contribution in [-0.4, -0.2) is 46.6 Å². The second kappa shape index (κ2) is 8.47. The molecule has 0 saturated heterocycles. The van der Waals surface area contributed by atoms with Gasteiger partial charge in [-0.1, -0.05) is 43.8 Å². The van der Waals surface area contributed by atoms with E-state index in [1.54, 1.807) is 13.0 Å². The Morgan fingerprint density at radius 1 is 1.24 bits per heavy atom. The molecule has 2 aromatic heterocycles. The number of H-pyrrole nitrogens is 1. The van der Waals surface area contributed by atoms with Gasteiger partial charge in [-0.05, 0) is 24.6 Å². The number of nitrogens with zero attached hydrogens (tertiary/aromatic N) is 3. The van der Waals surface area contributed by atoms with E-state index in [9.17, 15) is 14.4 Å². The SMILES string of the molecule is COC(=O)c1cc(C)nc2nc(SCC(=O)/C=C3/N(C)c4ccccc4C3(C)C)[nH]c(=O)c12. The molecule has 1 N–H and O–H groups in total. The highest BCUT2D eigenvalue weighted by atomic mass is 32.2. The minimum atomic E-state index is -0.635. The number of hydrogen-bond acceptors (Lipinski definition) is 8. The first-order valence-electron chi connectivity index (χ1n) is 10.3. The van der Waals surface area contributed by atoms with Gasteiger partial charge >= 0.3 is 5.97 Å². The quantitative estimate of drug-likeness (QED) is 0.265. The molecule has 3 aromatic rings. The Morgan fingerprint density at radius 2 is 1.97 bits per heavy atom. The molecule has 3 heterocycles. The van der Waals surface area contributed by atoms with Crippen molar-refractivity contribution in [2.24, 2.45) is 0 Å². The molecule has 0 spiro atoms. The molecule has 1 aromatic carbocycles. The number of aromatic amines is 1. The first-order chi connectivity index (χ1) is 15.6. The Hall–Kier alpha value is -3.46. The number of likely N-dealkylation sites (N-methyl/N-ethyl adjacent to an activating group) is 1. The Bertz CT molecular complexity index is 1380. The Morgan fingerprint density at radius 3 is 2.67 bits per heavy atom. The number of methoxy groups -OCH3 is 1. The highest BCUT2D eigenvalue weighted by molar-refractivity contribution is 7.99. The van der Waals surface area contributed by atoms with Crippen molar-refractivity contribution < 1.29 is 14.3 Å². The molecule has 0 aliphatic carbocycles. The molecular formula is C24H24N4O4S. The van der Waals surface area contributed by atoms with Gasteiger partial charge in [0, 0.05) is 35.6 Å². The highest BCUT2D eigenvalue weighted by Crippen LogP contribution is 2.46. The van der Waals surface area contributed by atoms with E-state index >= 15 is 0 Å². The second-order valence-corrected chi connectivity index (χ2v) is 9.32. The van der Waals surface area contributed by atoms with Crippen LogP contribution in [0.5, 0.6) is 0 Å². The summed E-state index contributed by atoms with van der Waals surface area (Å²) in [7, 11) is 3.20. The van der Waals surface area contributed by atoms with E-state index in [1.807, 2.05) is 30.1 Å². The first kappa shape index (κ1) is 22.7. The fraction of sp³-hybridized carbons (Fsp3) is 0.292. The fourth-order valence-electron chi connectivity index (χ4n) is 4.18. The van der Waals surface area contributed by atoms with Crippen molar-refractivity contribution in [2.75, 3.05) is 24.8 Å². The number of para-hydroxylation sites is 1. The van der Waals surface area contributed by atoms with Crippen molar-refractivity contribution in [3.8, 4) is 0 Å². The summed E-state index contributed by atoms with van der Waals surface area (Å²) in [6.45, 7) is 5.89. The molecule has 0 unspecified atom stereocenters. The zero-order valence-corrected chi connectivity index (χ0v) is 19.9. The zero-order chi connectivity index (χ0) is 23.9. The Labute approximate surface area is 195 Å². The normalized spacial score (nSPS) is 15.7. The minimum absolute atomic E-state index is 0.0670. The number of hydrogen-bond donors (Lipinski definition) is 1. The van der Waals surface area contributed by atoms with Gasteiger partial charge in [-0.3, -0.25) is 9.59 Å². The summed E-state index contributed by atoms with van der Waals surface area (Å²) in [5.74, 6) is -0.643. The maximum Gasteiger partial charge on any atom is 0.338 e. The summed E-state index contributed by atoms with van der Waals surface area (Å²) < 4.78 is 4.77. The van der Waals surface area contributed by atoms with Crippen LogP contribution in [-0.2, 0) is 14.9 Å². The molecule has 4 rings (SSSR count). The topological polar surface area (TPSA) is 105 Å². The number of carbonyl (C=O) groups is 2. The van der Waals surface area contributed by atoms with Crippen LogP contribution in [0.1, 0.15) is 35.5 Å². The van der Waals surface area contributed by atoms with Crippen LogP contribution in [0.3, 0.4) is 0 Å². The molecule has 8 nitrogen and oxygen atoms in total. The Kier molecular flexibility index (Phi) is 5.84. The first-order valence-corrected chi connectivity index (χ1v) is 11.3. The summed E-state index contributed by atoms with van der Waals surface area (Å²) in [5, 5.41) is 0.327. The van der Waals surface area contributed by atoms with Gasteiger partial charge in [-0.2, -0.15) is 0 Å². The molecule has 33 heavy (non-hydrogen) atoms. The van der Waals surface area contributed by atoms with Gasteiger partial charge in [0.25, 0.3) is 5.56 Å². The molecule has 0 amide bonds. The highest BCUT2D eigenvalue weighted by Gasteiger charge is 2.38. The van der Waals surface area contributed by atoms with E-state index in [1.165, 1.54) is 18.7 Å². The van der Waals surface area contributed by atoms with Gasteiger partial charge in [0.1, 0.15) is 0 Å². The van der Waals surface area contributed by atoms with Crippen LogP contribution in [0.15, 0.2) is 52.1 Å². The molecule has 170 valence electrons. The molecule has 1 aliphatic heterocycles. The van der Waals surface area contributed by atoms with Crippen molar-refractivity contribution in [3.63, 3.8) is 0 Å². The van der Waals surface area contributed by atoms with Crippen molar-refractivity contribution in [1.29, 1.82) is 0 Å². The second-order valence-electron chi connectivity index (χ2n) is 8.36. The summed E-state index contributed by atoms with van der Waals surface area (Å²) in [5.41, 5.74) is 3.13. The Balaban J connectivity index is 1.59. The van der Waals surface area contributed by atoms with E-state index in [4.69, 9.17) is 4.74 Å². The predicted octanol–water partition coefficient (Wildman–Crippen LogP) is 3.39. The number of fused-ring (bicyclic) bond motifs is 2. The van der Waals surface area contributed by atoms with Crippen molar-refractivity contribution >= 4 is 40.2 Å². The smallest absolute Gasteiger partial charge is 0.338 e. The fourth-order valence-corrected chi connectivity index (χ4v) is 4.86. The third-order valence-electron chi connectivity index (χ3n) is 5.78. The standard InChI is InChI=1S/C24H24N4O4S/c1-13-10-15(22(31)32-5)19-20(25-13)26-23(27-21(19)30)33-12-14(29)11-18-24(2,3)16-8-6-7-9-17(16)28(18)4/h6-11H,12H2,1-5H3,(H,25,26,27,30)/b18-11+. The molecule has 0 bridgehead atoms. The third-order valence-corrected chi connectivity index (χ3v) is 6.67. The molecule has 0 saturated carbocycles. The number of esters is 1. The van der Waals surface area contributed by atoms with Gasteiger partial charge < -0.3 is 14.6 Å². The van der Waals surface area contributed by atoms with Crippen molar-refractivity contribution in [1.82, 2.24) is 15.0 Å². The lowest BCUT2D eigenvalue weighted by Crippen LogP contribution is -2.24. The predicted molar refractivity (Wildman–Crippen MR) is 128 cm³/mol. The average molecular weight is 465 g/mol. The van der Waals surface area contributed by atoms with Gasteiger partial charge in [0.2, 0.25) is 0 Å². The molecular weight excluding hydrogens is 440 g/mol. The number of pyridine rings is 1. The number of benzene rings is 1. The summed E-state index contributed by atoms with van der Waals surface area (Å²) in [6.07, 6.45) is 1.66. The van der Waals surface area contributed by atoms with E-state index < -0.39 is 11.5 Å². The lowest BCUT2D eigenvalue weighted by molar-refractivity contribution is -0.112. The van der Waals surface area contributed by atoms with Crippen LogP contribution < -0.4 is 10.5 Å². The van der Waals surface area contributed by atoms with Gasteiger partial charge in [0.15, 0.2) is 16.6 Å². The largest absolute Gasteiger partial charge is 0.465 e. The third kappa shape index (κ3) is 4.04. The summed E-state index contributed by atoms with van der Waals surface area (Å²) >= 11 is 1.12. The molecule has 0 radical (unpaired) electrons. The maximum atomic E-state index is 12.8. The number of ether oxygens (including phenoxy) is 1. The van der Waals surface area contributed by atoms with Crippen LogP contribution in [0, 0.1) is 6.92 Å². The minimum Gasteiger partial charge on any atom is -0.465 e. The summed E-state index contributed by atoms with van der Waals surface area (Å²) in [6, 6.07) is 9.59. The van der Waals surface area contributed by atoms with Gasteiger partial charge in [-0.15, -0.1) is 0 Å². The van der Waals surface area contributed by atoms with E-state index in [0.29, 0.717) is 5.69 Å². The monoisotopic (exact) mass is 464 g/mol. The zero-order valence-electron chi connectivity index (χ0n) is 19.1. The van der Waals surface area contributed by atoms with Crippen LogP contribution in [0.4, 0.5) is 5.69 Å². The molecule has 1 aliphatic rings. The van der Waals surface area contributed by atoms with E-state index in [2.05, 4.69) is 34.9 Å². The van der Waals surface area contributed by atoms with Crippen LogP contribution >= 0.6 is 11.8 Å². The van der Waals surface area contributed by atoms with E-state index in [0.717, 1.165) is 23.1 Å². The van der Waals surface area contributed by atoms with Crippen LogP contribution in [0.2, 0.25) is 0 Å². The number of allylic oxidation sites excluding steroid dienone is 2. The number of rotatable bonds is 5. The number of anilines is 1. The number of aryl methyl sites for hydroxylation is 1. The van der Waals surface area contributed by atoms with Crippen LogP contribution in [0.25, 0.3) is 11.0 Å². The number of carbonyl (C=O) groups excluding carboxylic acids is 2. The van der Waals surface area contributed by atoms with Crippen molar-refractivity contribution in [3.05, 3.63) is 69.3 Å². The number of nitrogens with one attached hydrogen (secondary N) is 1. The number of thioether (sulfide) groups is 1. The van der Waals surface area contributed by atoms with E-state index in [-0.39, 0.29) is 38.7 Å². The lowest BCUT2D eigenvalue weighted by atomic mass is 9.83. The lowest BCUT2D eigenvalue weighted by Gasteiger charge is -2.23. The maximum absolute atomic E-state index is 12.8. The van der Waals surface area contributed by atoms with Crippen molar-refractivity contribution in [2.45, 2.75) is 31.3 Å².